The number of ether oxygens (including phenoxy) is 2. The lowest BCUT2D eigenvalue weighted by Gasteiger charge is -2.36. The van der Waals surface area contributed by atoms with E-state index in [-0.39, 0.29) is 69.7 Å². The van der Waals surface area contributed by atoms with E-state index in [9.17, 15) is 39.0 Å². The van der Waals surface area contributed by atoms with Crippen molar-refractivity contribution in [2.24, 2.45) is 10.8 Å². The van der Waals surface area contributed by atoms with E-state index in [1.807, 2.05) is 78.9 Å². The van der Waals surface area contributed by atoms with Gasteiger partial charge in [0, 0.05) is 45.2 Å². The zero-order valence-electron chi connectivity index (χ0n) is 62.5. The van der Waals surface area contributed by atoms with Gasteiger partial charge in [0.05, 0.1) is 36.6 Å². The highest BCUT2D eigenvalue weighted by Crippen LogP contribution is 2.35. The Hall–Kier alpha value is -11.7. The molecule has 574 valence electrons. The minimum Gasteiger partial charge on any atom is -0.487 e. The van der Waals surface area contributed by atoms with E-state index in [4.69, 9.17) is 9.47 Å². The Labute approximate surface area is 630 Å². The molecule has 6 aliphatic rings. The Kier molecular flexibility index (Phi) is 24.2. The molecule has 0 unspecified atom stereocenters. The predicted octanol–water partition coefficient (Wildman–Crippen LogP) is 4.42. The number of likely N-dealkylation sites (N-methyl/N-ethyl adjacent to an activating group) is 2. The summed E-state index contributed by atoms with van der Waals surface area (Å²) in [5.41, 5.74) is 0.734. The zero-order valence-corrected chi connectivity index (χ0v) is 62.5. The van der Waals surface area contributed by atoms with Crippen LogP contribution in [-0.2, 0) is 80.4 Å². The number of hydrogen-bond acceptors (Lipinski definition) is 18. The average Bonchev–Trinajstić information content (AvgIpc) is 1.66. The summed E-state index contributed by atoms with van der Waals surface area (Å²) in [4.78, 5) is 147. The van der Waals surface area contributed by atoms with Gasteiger partial charge in [0.15, 0.2) is 6.04 Å². The highest BCUT2D eigenvalue weighted by Gasteiger charge is 2.49. The van der Waals surface area contributed by atoms with Crippen LogP contribution in [0.4, 0.5) is 0 Å². The molecule has 14 rings (SSSR count). The highest BCUT2D eigenvalue weighted by atomic mass is 16.5. The van der Waals surface area contributed by atoms with E-state index in [0.29, 0.717) is 33.8 Å². The van der Waals surface area contributed by atoms with Gasteiger partial charge < -0.3 is 72.0 Å². The fraction of sp³-hybridized carbons (Fsp3) is 0.418. The minimum atomic E-state index is -1.67. The fourth-order valence-electron chi connectivity index (χ4n) is 13.7. The van der Waals surface area contributed by atoms with Gasteiger partial charge in [-0.3, -0.25) is 38.4 Å². The summed E-state index contributed by atoms with van der Waals surface area (Å²) in [6, 6.07) is 24.9. The van der Waals surface area contributed by atoms with Crippen molar-refractivity contribution in [1.82, 2.24) is 82.3 Å². The number of carboxylic acids is 2. The summed E-state index contributed by atoms with van der Waals surface area (Å²) in [6.07, 6.45) is 2.66. The number of nitrogens with zero attached hydrogens (tertiary/aromatic N) is 8. The molecule has 0 spiro atoms. The first-order valence-corrected chi connectivity index (χ1v) is 36.4. The summed E-state index contributed by atoms with van der Waals surface area (Å²) in [5, 5.41) is 65.5. The van der Waals surface area contributed by atoms with Gasteiger partial charge in [-0.15, -0.1) is 10.2 Å². The van der Waals surface area contributed by atoms with Crippen LogP contribution in [0.3, 0.4) is 0 Å². The predicted molar refractivity (Wildman–Crippen MR) is 401 cm³/mol. The molecule has 12 bridgehead atoms. The quantitative estimate of drug-likeness (QED) is 0.0720. The number of nitrogens with one attached hydrogen (secondary N) is 8. The van der Waals surface area contributed by atoms with Crippen molar-refractivity contribution in [1.29, 1.82) is 0 Å². The first-order valence-electron chi connectivity index (χ1n) is 36.4. The molecule has 8 heterocycles. The van der Waals surface area contributed by atoms with Gasteiger partial charge in [-0.2, -0.15) is 0 Å². The summed E-state index contributed by atoms with van der Waals surface area (Å²) in [7, 11) is 3.21. The van der Waals surface area contributed by atoms with Crippen LogP contribution in [0.5, 0.6) is 11.5 Å². The first-order chi connectivity index (χ1) is 51.9. The molecule has 2 saturated heterocycles. The van der Waals surface area contributed by atoms with Crippen LogP contribution in [0.15, 0.2) is 146 Å². The van der Waals surface area contributed by atoms with E-state index in [1.165, 1.54) is 43.4 Å². The molecule has 30 nitrogen and oxygen atoms in total. The number of benzene rings is 6. The lowest BCUT2D eigenvalue weighted by atomic mass is 9.85. The largest absolute Gasteiger partial charge is 0.487 e. The molecule has 2 fully saturated rings. The second kappa shape index (κ2) is 33.6. The molecule has 109 heavy (non-hydrogen) atoms. The molecule has 0 saturated carbocycles. The van der Waals surface area contributed by atoms with Gasteiger partial charge >= 0.3 is 11.9 Å². The van der Waals surface area contributed by atoms with E-state index in [2.05, 4.69) is 63.2 Å². The van der Waals surface area contributed by atoms with Crippen molar-refractivity contribution < 1.29 is 67.6 Å². The molecule has 6 aromatic carbocycles. The van der Waals surface area contributed by atoms with Crippen LogP contribution in [-0.4, -0.2) is 191 Å². The summed E-state index contributed by atoms with van der Waals surface area (Å²) in [6.45, 7) is 13.4. The summed E-state index contributed by atoms with van der Waals surface area (Å²) >= 11 is 0. The summed E-state index contributed by atoms with van der Waals surface area (Å²) < 4.78 is 15.3. The monoisotopic (exact) mass is 1490 g/mol. The zero-order chi connectivity index (χ0) is 78.2. The lowest BCUT2D eigenvalue weighted by Crippen LogP contribution is -2.60. The van der Waals surface area contributed by atoms with E-state index in [1.54, 1.807) is 112 Å². The van der Waals surface area contributed by atoms with Crippen molar-refractivity contribution >= 4 is 80.7 Å². The van der Waals surface area contributed by atoms with Crippen molar-refractivity contribution in [2.45, 2.75) is 173 Å². The van der Waals surface area contributed by atoms with Crippen LogP contribution in [0, 0.1) is 10.8 Å². The number of likely N-dealkylation sites (tertiary alicyclic amines) is 2. The topological polar surface area (TPSA) is 394 Å². The van der Waals surface area contributed by atoms with Gasteiger partial charge in [0.2, 0.25) is 47.3 Å². The van der Waals surface area contributed by atoms with Crippen LogP contribution in [0.25, 0.3) is 21.5 Å². The van der Waals surface area contributed by atoms with Crippen molar-refractivity contribution in [3.8, 4) is 11.5 Å². The molecule has 12 atom stereocenters. The maximum Gasteiger partial charge on any atom is 0.330 e. The number of carbonyl (C=O) groups is 10. The number of hydrogen-bond donors (Lipinski definition) is 10. The Balaban J connectivity index is 0.935. The average molecular weight is 1490 g/mol. The van der Waals surface area contributed by atoms with Crippen LogP contribution in [0.1, 0.15) is 120 Å². The van der Waals surface area contributed by atoms with E-state index in [0.717, 1.165) is 21.5 Å². The Morgan fingerprint density at radius 2 is 0.936 bits per heavy atom. The molecule has 30 heteroatoms. The van der Waals surface area contributed by atoms with Gasteiger partial charge in [0.25, 0.3) is 0 Å². The molecule has 0 aliphatic carbocycles. The van der Waals surface area contributed by atoms with Crippen LogP contribution >= 0.6 is 0 Å². The van der Waals surface area contributed by atoms with E-state index >= 15 is 19.2 Å². The van der Waals surface area contributed by atoms with Crippen molar-refractivity contribution in [3.63, 3.8) is 0 Å². The number of amides is 8. The Morgan fingerprint density at radius 1 is 0.523 bits per heavy atom. The van der Waals surface area contributed by atoms with Crippen LogP contribution in [0.2, 0.25) is 0 Å². The van der Waals surface area contributed by atoms with Gasteiger partial charge in [-0.25, -0.2) is 19.0 Å². The summed E-state index contributed by atoms with van der Waals surface area (Å²) in [5.74, 6) is -7.48. The number of carboxylic acid groups (broad SMARTS) is 2. The molecule has 0 radical (unpaired) electrons. The van der Waals surface area contributed by atoms with Crippen molar-refractivity contribution in [3.05, 3.63) is 179 Å². The molecule has 8 amide bonds. The third kappa shape index (κ3) is 19.0. The first kappa shape index (κ1) is 78.4. The lowest BCUT2D eigenvalue weighted by molar-refractivity contribution is -0.145. The normalized spacial score (nSPS) is 21.6. The standard InChI is InChI=1S/C79H94N16O14/c1-44(80-9)68(96)86-66(78(3,4)5)74(102)92-40-56-36-63(92)72(100)82-60(34-47-19-23-49-15-11-13-17-52(49)31-47)70(98)84-62(76(104)105)33-46-21-27-58(28-22-46)108-42-54-38-94(90-88-54)57-37-64(93(41-57)75(103)67(79(6,7)8)87-69(97)45(2)81-10)73(101)83-61(35-48-20-24-50-16-12-14-18-53(50)32-48)71(99)85-65(77(106)107)51-25-29-59(30-26-51)109-43-55-39-95(56)91-89-55/h11-32,38-39,44-45,56-57,60-67,80-81H,33-37,40-43H2,1-10H3,(H,82,100)(H,83,101)(H,84,98)(H,85,99)(H,86,96)(H,87,97)(H,104,105)(H,106,107)/t44-,45-,56-,57-,60-,61-,62-,63-,64-,65-,66+,67+/m0/s1. The van der Waals surface area contributed by atoms with Gasteiger partial charge in [-0.1, -0.05) is 161 Å². The maximum atomic E-state index is 15.3. The molecule has 10 N–H and O–H groups in total. The van der Waals surface area contributed by atoms with Crippen molar-refractivity contribution in [2.75, 3.05) is 27.2 Å². The maximum absolute atomic E-state index is 15.3. The minimum absolute atomic E-state index is 0.0484. The van der Waals surface area contributed by atoms with Crippen LogP contribution < -0.4 is 52.0 Å². The SMILES string of the molecule is CN[C@@H](C)C(=O)N[C@H](C(=O)N1C[C@@H]2C[C@H]1C(=O)N[C@@H](Cc1ccc3ccccc3c1)C(=O)N[C@H](C(=O)O)Cc1ccc(cc1)OCc1cn(nn1)[C@H]1C[C@@H](C(=O)N[C@@H](Cc3ccc4ccccc4c3)C(=O)N[C@H](C(=O)O)c3ccc(cc3)OCc3cn2nn3)N(C(=O)[C@@H](NC(=O)[C@H](C)NC)C(C)(C)C)C1)C(C)(C)C. The van der Waals surface area contributed by atoms with E-state index < -0.39 is 143 Å². The number of aromatic nitrogens is 6. The molecule has 8 aromatic rings. The second-order valence-electron chi connectivity index (χ2n) is 30.4. The third-order valence-electron chi connectivity index (χ3n) is 20.3. The number of aliphatic carboxylic acids is 2. The Morgan fingerprint density at radius 3 is 1.34 bits per heavy atom. The van der Waals surface area contributed by atoms with Gasteiger partial charge in [-0.05, 0) is 107 Å². The number of fused-ring (bicyclic) bond motifs is 2. The molecule has 6 aliphatic heterocycles. The number of carbonyl (C=O) groups excluding carboxylic acids is 8. The third-order valence-corrected chi connectivity index (χ3v) is 20.3. The fourth-order valence-corrected chi connectivity index (χ4v) is 13.7. The Bertz CT molecular complexity index is 4690. The highest BCUT2D eigenvalue weighted by molar-refractivity contribution is 5.98. The molecule has 2 aromatic heterocycles. The smallest absolute Gasteiger partial charge is 0.330 e. The molecular weight excluding hydrogens is 1400 g/mol. The second-order valence-corrected chi connectivity index (χ2v) is 30.4. The number of rotatable bonds is 14. The molecular formula is C79H94N16O14. The van der Waals surface area contributed by atoms with Gasteiger partial charge in [0.1, 0.15) is 78.4 Å².